The zero-order valence-electron chi connectivity index (χ0n) is 10.1. The summed E-state index contributed by atoms with van der Waals surface area (Å²) in [6, 6.07) is 0. The van der Waals surface area contributed by atoms with Crippen molar-refractivity contribution in [2.75, 3.05) is 20.2 Å². The van der Waals surface area contributed by atoms with Crippen LogP contribution in [0.4, 0.5) is 13.2 Å². The van der Waals surface area contributed by atoms with Crippen LogP contribution in [0.15, 0.2) is 0 Å². The number of rotatable bonds is 5. The zero-order chi connectivity index (χ0) is 15.3. The number of hydrogen-bond acceptors (Lipinski definition) is 6. The van der Waals surface area contributed by atoms with Crippen molar-refractivity contribution in [3.63, 3.8) is 0 Å². The quantitative estimate of drug-likeness (QED) is 0.769. The Bertz CT molecular complexity index is 494. The summed E-state index contributed by atoms with van der Waals surface area (Å²) in [5.41, 5.74) is 0. The molecule has 0 aliphatic heterocycles. The molecule has 0 aliphatic carbocycles. The Balaban J connectivity index is 2.80. The van der Waals surface area contributed by atoms with Crippen molar-refractivity contribution in [1.82, 2.24) is 15.1 Å². The van der Waals surface area contributed by atoms with Gasteiger partial charge in [0.05, 0.1) is 13.5 Å². The van der Waals surface area contributed by atoms with Crippen LogP contribution in [-0.4, -0.2) is 53.3 Å². The second-order valence-corrected chi connectivity index (χ2v) is 5.09. The number of hydrogen-bond donors (Lipinski definition) is 0. The third kappa shape index (κ3) is 5.29. The normalized spacial score (nSPS) is 11.2. The minimum absolute atomic E-state index is 0.0618. The molecule has 1 aromatic heterocycles. The van der Waals surface area contributed by atoms with E-state index < -0.39 is 31.1 Å². The second-order valence-electron chi connectivity index (χ2n) is 3.53. The lowest BCUT2D eigenvalue weighted by molar-refractivity contribution is -0.147. The number of ether oxygens (including phenoxy) is 1. The van der Waals surface area contributed by atoms with Gasteiger partial charge >= 0.3 is 12.1 Å². The SMILES string of the molecule is COC(=O)CCN(CC(F)(F)F)C(=O)c1nnc(Cl)s1. The van der Waals surface area contributed by atoms with Crippen LogP contribution < -0.4 is 0 Å². The Morgan fingerprint density at radius 2 is 2.05 bits per heavy atom. The van der Waals surface area contributed by atoms with Crippen molar-refractivity contribution in [1.29, 1.82) is 0 Å². The lowest BCUT2D eigenvalue weighted by atomic mass is 10.3. The molecule has 0 fully saturated rings. The van der Waals surface area contributed by atoms with Crippen LogP contribution in [0, 0.1) is 0 Å². The van der Waals surface area contributed by atoms with Gasteiger partial charge in [0.15, 0.2) is 0 Å². The molecular weight excluding hydrogens is 323 g/mol. The highest BCUT2D eigenvalue weighted by atomic mass is 35.5. The highest BCUT2D eigenvalue weighted by Crippen LogP contribution is 2.21. The molecule has 0 saturated heterocycles. The fourth-order valence-corrected chi connectivity index (χ4v) is 2.02. The van der Waals surface area contributed by atoms with E-state index in [1.165, 1.54) is 0 Å². The van der Waals surface area contributed by atoms with Gasteiger partial charge in [-0.15, -0.1) is 10.2 Å². The van der Waals surface area contributed by atoms with E-state index >= 15 is 0 Å². The first-order chi connectivity index (χ1) is 9.23. The first-order valence-corrected chi connectivity index (χ1v) is 6.34. The van der Waals surface area contributed by atoms with Gasteiger partial charge in [-0.3, -0.25) is 9.59 Å². The van der Waals surface area contributed by atoms with Gasteiger partial charge in [0.1, 0.15) is 6.54 Å². The standard InChI is InChI=1S/C9H9ClF3N3O3S/c1-19-5(17)2-3-16(4-9(11,12)13)7(18)6-14-15-8(10)20-6/h2-4H2,1H3. The number of nitrogens with zero attached hydrogens (tertiary/aromatic N) is 3. The molecule has 1 rings (SSSR count). The number of aromatic nitrogens is 2. The summed E-state index contributed by atoms with van der Waals surface area (Å²) in [6.45, 7) is -1.94. The molecule has 1 amide bonds. The van der Waals surface area contributed by atoms with E-state index in [1.54, 1.807) is 0 Å². The molecule has 11 heteroatoms. The number of esters is 1. The Labute approximate surface area is 120 Å². The molecule has 0 aromatic carbocycles. The molecule has 0 atom stereocenters. The summed E-state index contributed by atoms with van der Waals surface area (Å²) < 4.78 is 41.5. The number of carbonyl (C=O) groups excluding carboxylic acids is 2. The van der Waals surface area contributed by atoms with Crippen LogP contribution in [0.25, 0.3) is 0 Å². The average molecular weight is 332 g/mol. The predicted octanol–water partition coefficient (Wildman–Crippen LogP) is 1.76. The van der Waals surface area contributed by atoms with E-state index in [0.29, 0.717) is 16.2 Å². The summed E-state index contributed by atoms with van der Waals surface area (Å²) in [6.07, 6.45) is -4.95. The van der Waals surface area contributed by atoms with Gasteiger partial charge in [-0.25, -0.2) is 0 Å². The molecular formula is C9H9ClF3N3O3S. The maximum atomic E-state index is 12.4. The third-order valence-corrected chi connectivity index (χ3v) is 3.06. The summed E-state index contributed by atoms with van der Waals surface area (Å²) in [5.74, 6) is -1.71. The number of amides is 1. The summed E-state index contributed by atoms with van der Waals surface area (Å²) in [7, 11) is 1.10. The van der Waals surface area contributed by atoms with Gasteiger partial charge < -0.3 is 9.64 Å². The fraction of sp³-hybridized carbons (Fsp3) is 0.556. The number of alkyl halides is 3. The van der Waals surface area contributed by atoms with Crippen LogP contribution in [0.5, 0.6) is 0 Å². The summed E-state index contributed by atoms with van der Waals surface area (Å²) in [4.78, 5) is 23.3. The molecule has 0 aliphatic rings. The minimum Gasteiger partial charge on any atom is -0.469 e. The molecule has 0 radical (unpaired) electrons. The number of halogens is 4. The Morgan fingerprint density at radius 3 is 2.50 bits per heavy atom. The van der Waals surface area contributed by atoms with E-state index in [4.69, 9.17) is 11.6 Å². The highest BCUT2D eigenvalue weighted by molar-refractivity contribution is 7.17. The second kappa shape index (κ2) is 6.84. The molecule has 20 heavy (non-hydrogen) atoms. The van der Waals surface area contributed by atoms with Crippen LogP contribution in [0.2, 0.25) is 4.47 Å². The molecule has 1 aromatic rings. The van der Waals surface area contributed by atoms with E-state index in [-0.39, 0.29) is 15.9 Å². The number of carbonyl (C=O) groups is 2. The zero-order valence-corrected chi connectivity index (χ0v) is 11.7. The predicted molar refractivity (Wildman–Crippen MR) is 63.5 cm³/mol. The van der Waals surface area contributed by atoms with Gasteiger partial charge in [-0.2, -0.15) is 13.2 Å². The smallest absolute Gasteiger partial charge is 0.406 e. The lowest BCUT2D eigenvalue weighted by Crippen LogP contribution is -2.40. The molecule has 1 heterocycles. The Hall–Kier alpha value is -1.42. The highest BCUT2D eigenvalue weighted by Gasteiger charge is 2.34. The van der Waals surface area contributed by atoms with Crippen molar-refractivity contribution in [3.05, 3.63) is 9.47 Å². The molecule has 0 bridgehead atoms. The Kier molecular flexibility index (Phi) is 5.69. The van der Waals surface area contributed by atoms with Gasteiger partial charge in [0.2, 0.25) is 9.47 Å². The fourth-order valence-electron chi connectivity index (χ4n) is 1.22. The van der Waals surface area contributed by atoms with Crippen molar-refractivity contribution in [2.24, 2.45) is 0 Å². The molecule has 0 spiro atoms. The summed E-state index contributed by atoms with van der Waals surface area (Å²) >= 11 is 6.13. The largest absolute Gasteiger partial charge is 0.469 e. The van der Waals surface area contributed by atoms with Gasteiger partial charge in [-0.1, -0.05) is 11.3 Å². The third-order valence-electron chi connectivity index (χ3n) is 2.05. The van der Waals surface area contributed by atoms with Crippen LogP contribution >= 0.6 is 22.9 Å². The first kappa shape index (κ1) is 16.6. The average Bonchev–Trinajstić information content (AvgIpc) is 2.78. The van der Waals surface area contributed by atoms with E-state index in [2.05, 4.69) is 14.9 Å². The molecule has 112 valence electrons. The minimum atomic E-state index is -4.60. The van der Waals surface area contributed by atoms with Crippen LogP contribution in [0.3, 0.4) is 0 Å². The maximum absolute atomic E-state index is 12.4. The van der Waals surface area contributed by atoms with Crippen LogP contribution in [0.1, 0.15) is 16.2 Å². The van der Waals surface area contributed by atoms with E-state index in [0.717, 1.165) is 7.11 Å². The molecule has 0 saturated carbocycles. The van der Waals surface area contributed by atoms with E-state index in [1.807, 2.05) is 0 Å². The molecule has 6 nitrogen and oxygen atoms in total. The molecule has 0 N–H and O–H groups in total. The summed E-state index contributed by atoms with van der Waals surface area (Å²) in [5, 5.41) is 6.44. The molecule has 0 unspecified atom stereocenters. The maximum Gasteiger partial charge on any atom is 0.406 e. The van der Waals surface area contributed by atoms with Crippen molar-refractivity contribution in [3.8, 4) is 0 Å². The Morgan fingerprint density at radius 1 is 1.40 bits per heavy atom. The van der Waals surface area contributed by atoms with Gasteiger partial charge in [0, 0.05) is 6.54 Å². The van der Waals surface area contributed by atoms with Crippen molar-refractivity contribution >= 4 is 34.8 Å². The number of methoxy groups -OCH3 is 1. The van der Waals surface area contributed by atoms with Crippen molar-refractivity contribution in [2.45, 2.75) is 12.6 Å². The topological polar surface area (TPSA) is 72.4 Å². The van der Waals surface area contributed by atoms with Gasteiger partial charge in [0.25, 0.3) is 5.91 Å². The lowest BCUT2D eigenvalue weighted by Gasteiger charge is -2.22. The van der Waals surface area contributed by atoms with Crippen molar-refractivity contribution < 1.29 is 27.5 Å². The van der Waals surface area contributed by atoms with Crippen LogP contribution in [-0.2, 0) is 9.53 Å². The van der Waals surface area contributed by atoms with E-state index in [9.17, 15) is 22.8 Å². The monoisotopic (exact) mass is 331 g/mol. The first-order valence-electron chi connectivity index (χ1n) is 5.15. The van der Waals surface area contributed by atoms with Gasteiger partial charge in [-0.05, 0) is 11.6 Å².